The Morgan fingerprint density at radius 1 is 1.19 bits per heavy atom. The van der Waals surface area contributed by atoms with Crippen molar-refractivity contribution in [3.63, 3.8) is 0 Å². The van der Waals surface area contributed by atoms with Gasteiger partial charge in [0.2, 0.25) is 0 Å². The van der Waals surface area contributed by atoms with E-state index in [4.69, 9.17) is 16.7 Å². The quantitative estimate of drug-likeness (QED) is 0.349. The lowest BCUT2D eigenvalue weighted by Gasteiger charge is -2.13. The lowest BCUT2D eigenvalue weighted by molar-refractivity contribution is -0.135. The number of hydrogen-bond donors (Lipinski definition) is 3. The molecule has 0 radical (unpaired) electrons. The van der Waals surface area contributed by atoms with Crippen molar-refractivity contribution in [2.24, 2.45) is 0 Å². The zero-order valence-electron chi connectivity index (χ0n) is 13.6. The number of halogens is 2. The smallest absolute Gasteiger partial charge is 0.322 e. The monoisotopic (exact) mass is 514 g/mol. The van der Waals surface area contributed by atoms with Crippen molar-refractivity contribution < 1.29 is 19.8 Å². The normalized spacial score (nSPS) is 10.7. The van der Waals surface area contributed by atoms with Gasteiger partial charge in [-0.2, -0.15) is 0 Å². The van der Waals surface area contributed by atoms with Crippen molar-refractivity contribution in [3.05, 3.63) is 56.9 Å². The first kappa shape index (κ1) is 19.7. The predicted octanol–water partition coefficient (Wildman–Crippen LogP) is 4.16. The van der Waals surface area contributed by atoms with Crippen LogP contribution < -0.4 is 5.32 Å². The fraction of sp³-hybridized carbons (Fsp3) is 0.0556. The molecule has 27 heavy (non-hydrogen) atoms. The average Bonchev–Trinajstić information content (AvgIpc) is 2.65. The van der Waals surface area contributed by atoms with Gasteiger partial charge in [0, 0.05) is 24.1 Å². The molecular formula is C18H12ClIN2O4S. The van der Waals surface area contributed by atoms with E-state index >= 15 is 0 Å². The van der Waals surface area contributed by atoms with Crippen LogP contribution in [0.15, 0.2) is 52.3 Å². The van der Waals surface area contributed by atoms with E-state index in [0.29, 0.717) is 14.3 Å². The Hall–Kier alpha value is -2.04. The van der Waals surface area contributed by atoms with Crippen LogP contribution in [0.3, 0.4) is 0 Å². The van der Waals surface area contributed by atoms with E-state index in [1.165, 1.54) is 11.8 Å². The van der Waals surface area contributed by atoms with Gasteiger partial charge in [-0.15, -0.1) is 0 Å². The predicted molar refractivity (Wildman–Crippen MR) is 112 cm³/mol. The van der Waals surface area contributed by atoms with Gasteiger partial charge in [-0.25, -0.2) is 4.98 Å². The zero-order valence-corrected chi connectivity index (χ0v) is 17.3. The Balaban J connectivity index is 2.08. The molecule has 3 aromatic rings. The number of aromatic nitrogens is 1. The van der Waals surface area contributed by atoms with Gasteiger partial charge in [0.05, 0.1) is 0 Å². The van der Waals surface area contributed by atoms with Crippen molar-refractivity contribution in [1.82, 2.24) is 10.3 Å². The van der Waals surface area contributed by atoms with E-state index in [0.717, 1.165) is 9.79 Å². The summed E-state index contributed by atoms with van der Waals surface area (Å²) in [6.07, 6.45) is 0. The standard InChI is InChI=1S/C18H12ClIN2O4S/c19-17-10-6-7-11(27-9-4-2-1-3-5-9)14(20)13(10)16(25)15(22-17)18(26)21-8-12(23)24/h1-7,25H,8H2,(H,21,26)(H,23,24). The number of amides is 1. The minimum absolute atomic E-state index is 0.0532. The van der Waals surface area contributed by atoms with Crippen LogP contribution in [0, 0.1) is 3.57 Å². The summed E-state index contributed by atoms with van der Waals surface area (Å²) < 4.78 is 0.716. The van der Waals surface area contributed by atoms with E-state index in [-0.39, 0.29) is 16.6 Å². The Labute approximate surface area is 177 Å². The van der Waals surface area contributed by atoms with E-state index in [9.17, 15) is 14.7 Å². The molecule has 0 bridgehead atoms. The second-order valence-electron chi connectivity index (χ2n) is 5.39. The number of carbonyl (C=O) groups is 2. The van der Waals surface area contributed by atoms with Gasteiger partial charge in [-0.1, -0.05) is 41.6 Å². The molecule has 2 aromatic carbocycles. The van der Waals surface area contributed by atoms with E-state index < -0.39 is 18.4 Å². The molecule has 0 atom stereocenters. The summed E-state index contributed by atoms with van der Waals surface area (Å²) in [6.45, 7) is -0.587. The highest BCUT2D eigenvalue weighted by atomic mass is 127. The van der Waals surface area contributed by atoms with Crippen molar-refractivity contribution >= 4 is 68.6 Å². The van der Waals surface area contributed by atoms with E-state index in [1.807, 2.05) is 36.4 Å². The van der Waals surface area contributed by atoms with Crippen LogP contribution in [0.4, 0.5) is 0 Å². The second-order valence-corrected chi connectivity index (χ2v) is 7.94. The number of aromatic hydroxyl groups is 1. The van der Waals surface area contributed by atoms with Crippen LogP contribution in [0.2, 0.25) is 5.15 Å². The van der Waals surface area contributed by atoms with Crippen molar-refractivity contribution in [2.45, 2.75) is 9.79 Å². The molecule has 6 nitrogen and oxygen atoms in total. The molecule has 0 fully saturated rings. The molecule has 0 saturated heterocycles. The highest BCUT2D eigenvalue weighted by Gasteiger charge is 2.22. The summed E-state index contributed by atoms with van der Waals surface area (Å²) in [4.78, 5) is 28.7. The maximum absolute atomic E-state index is 12.2. The third kappa shape index (κ3) is 4.28. The molecule has 0 aliphatic heterocycles. The Morgan fingerprint density at radius 3 is 2.56 bits per heavy atom. The molecule has 0 spiro atoms. The minimum Gasteiger partial charge on any atom is -0.505 e. The van der Waals surface area contributed by atoms with Gasteiger partial charge in [-0.3, -0.25) is 9.59 Å². The second kappa shape index (κ2) is 8.32. The van der Waals surface area contributed by atoms with E-state index in [2.05, 4.69) is 32.9 Å². The van der Waals surface area contributed by atoms with Gasteiger partial charge < -0.3 is 15.5 Å². The van der Waals surface area contributed by atoms with Crippen LogP contribution in [-0.4, -0.2) is 33.6 Å². The van der Waals surface area contributed by atoms with Crippen LogP contribution in [0.25, 0.3) is 10.8 Å². The SMILES string of the molecule is O=C(O)CNC(=O)c1nc(Cl)c2ccc(Sc3ccccc3)c(I)c2c1O. The topological polar surface area (TPSA) is 99.5 Å². The number of nitrogens with zero attached hydrogens (tertiary/aromatic N) is 1. The molecule has 0 saturated carbocycles. The van der Waals surface area contributed by atoms with Gasteiger partial charge >= 0.3 is 5.97 Å². The fourth-order valence-corrected chi connectivity index (χ4v) is 4.56. The maximum Gasteiger partial charge on any atom is 0.322 e. The van der Waals surface area contributed by atoms with Crippen molar-refractivity contribution in [2.75, 3.05) is 6.54 Å². The number of nitrogens with one attached hydrogen (secondary N) is 1. The molecule has 1 heterocycles. The summed E-state index contributed by atoms with van der Waals surface area (Å²) in [5, 5.41) is 22.5. The van der Waals surface area contributed by atoms with Crippen molar-refractivity contribution in [3.8, 4) is 5.75 Å². The first-order valence-corrected chi connectivity index (χ1v) is 9.89. The van der Waals surface area contributed by atoms with E-state index in [1.54, 1.807) is 6.07 Å². The number of rotatable bonds is 5. The number of hydrogen-bond acceptors (Lipinski definition) is 5. The molecule has 0 aliphatic carbocycles. The Morgan fingerprint density at radius 2 is 1.89 bits per heavy atom. The molecule has 0 unspecified atom stereocenters. The molecule has 138 valence electrons. The van der Waals surface area contributed by atoms with Crippen LogP contribution >= 0.6 is 46.0 Å². The summed E-state index contributed by atoms with van der Waals surface area (Å²) in [5.74, 6) is -2.35. The number of fused-ring (bicyclic) bond motifs is 1. The Kier molecular flexibility index (Phi) is 6.08. The third-order valence-electron chi connectivity index (χ3n) is 3.59. The first-order chi connectivity index (χ1) is 12.9. The zero-order chi connectivity index (χ0) is 19.6. The maximum atomic E-state index is 12.2. The highest BCUT2D eigenvalue weighted by Crippen LogP contribution is 2.41. The highest BCUT2D eigenvalue weighted by molar-refractivity contribution is 14.1. The number of pyridine rings is 1. The summed E-state index contributed by atoms with van der Waals surface area (Å²) in [7, 11) is 0. The summed E-state index contributed by atoms with van der Waals surface area (Å²) in [5.41, 5.74) is -0.312. The molecule has 1 aromatic heterocycles. The number of carboxylic acids is 1. The van der Waals surface area contributed by atoms with Gasteiger partial charge in [0.15, 0.2) is 11.4 Å². The van der Waals surface area contributed by atoms with Gasteiger partial charge in [0.1, 0.15) is 11.7 Å². The average molecular weight is 515 g/mol. The van der Waals surface area contributed by atoms with Crippen LogP contribution in [-0.2, 0) is 4.79 Å². The molecule has 3 N–H and O–H groups in total. The number of carbonyl (C=O) groups excluding carboxylic acids is 1. The largest absolute Gasteiger partial charge is 0.505 e. The van der Waals surface area contributed by atoms with Gasteiger partial charge in [0.25, 0.3) is 5.91 Å². The summed E-state index contributed by atoms with van der Waals surface area (Å²) in [6, 6.07) is 13.3. The molecular weight excluding hydrogens is 503 g/mol. The molecule has 1 amide bonds. The molecule has 0 aliphatic rings. The minimum atomic E-state index is -1.20. The number of carboxylic acid groups (broad SMARTS) is 1. The Bertz CT molecular complexity index is 1050. The van der Waals surface area contributed by atoms with Crippen LogP contribution in [0.5, 0.6) is 5.75 Å². The number of aliphatic carboxylic acids is 1. The fourth-order valence-electron chi connectivity index (χ4n) is 2.38. The first-order valence-electron chi connectivity index (χ1n) is 7.62. The number of benzene rings is 2. The van der Waals surface area contributed by atoms with Gasteiger partial charge in [-0.05, 0) is 46.9 Å². The van der Waals surface area contributed by atoms with Crippen LogP contribution in [0.1, 0.15) is 10.5 Å². The summed E-state index contributed by atoms with van der Waals surface area (Å²) >= 11 is 9.80. The lowest BCUT2D eigenvalue weighted by Crippen LogP contribution is -2.30. The molecule has 3 rings (SSSR count). The third-order valence-corrected chi connectivity index (χ3v) is 6.43. The molecule has 9 heteroatoms. The van der Waals surface area contributed by atoms with Crippen molar-refractivity contribution in [1.29, 1.82) is 0 Å². The lowest BCUT2D eigenvalue weighted by atomic mass is 10.1.